The first-order chi connectivity index (χ1) is 5.59. The van der Waals surface area contributed by atoms with E-state index >= 15 is 0 Å². The molecule has 0 aromatic rings. The molecule has 2 rings (SSSR count). The molecule has 0 amide bonds. The largest absolute Gasteiger partial charge is 0.300 e. The van der Waals surface area contributed by atoms with E-state index in [-0.39, 0.29) is 0 Å². The van der Waals surface area contributed by atoms with Crippen LogP contribution >= 0.6 is 0 Å². The maximum atomic E-state index is 2.68. The van der Waals surface area contributed by atoms with E-state index in [1.54, 1.807) is 0 Å². The Labute approximate surface area is 76.1 Å². The third-order valence-electron chi connectivity index (χ3n) is 4.16. The van der Waals surface area contributed by atoms with E-state index in [9.17, 15) is 0 Å². The van der Waals surface area contributed by atoms with Crippen LogP contribution in [-0.4, -0.2) is 24.0 Å². The van der Waals surface area contributed by atoms with Crippen molar-refractivity contribution in [3.63, 3.8) is 0 Å². The van der Waals surface area contributed by atoms with E-state index in [0.29, 0.717) is 5.41 Å². The lowest BCUT2D eigenvalue weighted by molar-refractivity contribution is -0.00554. The number of piperidine rings is 2. The first kappa shape index (κ1) is 8.55. The first-order valence-electron chi connectivity index (χ1n) is 5.33. The Morgan fingerprint density at radius 1 is 1.25 bits per heavy atom. The standard InChI is InChI=1S/C11H21N/c1-9-4-5-10-8-12(9)7-6-11(10,2)3/h9-10H,4-8H2,1-3H3. The van der Waals surface area contributed by atoms with Gasteiger partial charge in [0.1, 0.15) is 0 Å². The van der Waals surface area contributed by atoms with Gasteiger partial charge < -0.3 is 4.90 Å². The molecule has 1 heteroatoms. The molecule has 2 bridgehead atoms. The van der Waals surface area contributed by atoms with Gasteiger partial charge in [-0.25, -0.2) is 0 Å². The second-order valence-corrected chi connectivity index (χ2v) is 5.36. The van der Waals surface area contributed by atoms with Gasteiger partial charge in [0.05, 0.1) is 0 Å². The van der Waals surface area contributed by atoms with Crippen molar-refractivity contribution in [1.29, 1.82) is 0 Å². The molecule has 0 aliphatic carbocycles. The topological polar surface area (TPSA) is 3.24 Å². The van der Waals surface area contributed by atoms with E-state index in [0.717, 1.165) is 12.0 Å². The molecule has 2 fully saturated rings. The molecule has 12 heavy (non-hydrogen) atoms. The Morgan fingerprint density at radius 3 is 2.75 bits per heavy atom. The molecule has 0 saturated carbocycles. The second kappa shape index (κ2) is 2.73. The minimum atomic E-state index is 0.622. The third kappa shape index (κ3) is 1.28. The summed E-state index contributed by atoms with van der Waals surface area (Å²) in [6.07, 6.45) is 4.29. The van der Waals surface area contributed by atoms with Gasteiger partial charge in [0.15, 0.2) is 0 Å². The number of rotatable bonds is 0. The highest BCUT2D eigenvalue weighted by Crippen LogP contribution is 2.42. The summed E-state index contributed by atoms with van der Waals surface area (Å²) in [7, 11) is 0. The van der Waals surface area contributed by atoms with E-state index in [1.165, 1.54) is 32.4 Å². The molecule has 0 radical (unpaired) electrons. The van der Waals surface area contributed by atoms with Gasteiger partial charge in [-0.05, 0) is 44.1 Å². The zero-order chi connectivity index (χ0) is 8.77. The fourth-order valence-corrected chi connectivity index (χ4v) is 2.76. The summed E-state index contributed by atoms with van der Waals surface area (Å²) in [5.74, 6) is 0.974. The van der Waals surface area contributed by atoms with Crippen molar-refractivity contribution in [3.05, 3.63) is 0 Å². The summed E-state index contributed by atoms with van der Waals surface area (Å²) >= 11 is 0. The van der Waals surface area contributed by atoms with E-state index in [2.05, 4.69) is 25.7 Å². The lowest BCUT2D eigenvalue weighted by atomic mass is 9.69. The number of fused-ring (bicyclic) bond motifs is 2. The fourth-order valence-electron chi connectivity index (χ4n) is 2.76. The smallest absolute Gasteiger partial charge is 0.00671 e. The van der Waals surface area contributed by atoms with E-state index in [1.807, 2.05) is 0 Å². The highest BCUT2D eigenvalue weighted by molar-refractivity contribution is 4.92. The maximum Gasteiger partial charge on any atom is 0.00671 e. The average molecular weight is 167 g/mol. The summed E-state index contributed by atoms with van der Waals surface area (Å²) in [5, 5.41) is 0. The van der Waals surface area contributed by atoms with Crippen LogP contribution in [0.2, 0.25) is 0 Å². The molecule has 0 aromatic carbocycles. The first-order valence-corrected chi connectivity index (χ1v) is 5.33. The summed E-state index contributed by atoms with van der Waals surface area (Å²) in [4.78, 5) is 2.68. The van der Waals surface area contributed by atoms with Gasteiger partial charge in [-0.2, -0.15) is 0 Å². The highest BCUT2D eigenvalue weighted by atomic mass is 15.2. The van der Waals surface area contributed by atoms with Crippen LogP contribution in [0.4, 0.5) is 0 Å². The molecule has 2 aliphatic rings. The molecule has 2 heterocycles. The Morgan fingerprint density at radius 2 is 2.00 bits per heavy atom. The zero-order valence-corrected chi connectivity index (χ0v) is 8.64. The van der Waals surface area contributed by atoms with Gasteiger partial charge >= 0.3 is 0 Å². The van der Waals surface area contributed by atoms with Crippen molar-refractivity contribution in [3.8, 4) is 0 Å². The molecule has 0 aromatic heterocycles. The van der Waals surface area contributed by atoms with Crippen LogP contribution < -0.4 is 0 Å². The van der Waals surface area contributed by atoms with Crippen LogP contribution in [0.15, 0.2) is 0 Å². The normalized spacial score (nSPS) is 45.8. The summed E-state index contributed by atoms with van der Waals surface area (Å²) < 4.78 is 0. The molecule has 2 aliphatic heterocycles. The third-order valence-corrected chi connectivity index (χ3v) is 4.16. The molecule has 3 unspecified atom stereocenters. The Kier molecular flexibility index (Phi) is 1.95. The maximum absolute atomic E-state index is 2.68. The van der Waals surface area contributed by atoms with Gasteiger partial charge in [0.2, 0.25) is 0 Å². The predicted molar refractivity (Wildman–Crippen MR) is 52.2 cm³/mol. The lowest BCUT2D eigenvalue weighted by Crippen LogP contribution is -2.51. The molecule has 0 spiro atoms. The quantitative estimate of drug-likeness (QED) is 0.536. The zero-order valence-electron chi connectivity index (χ0n) is 8.64. The molecule has 3 atom stereocenters. The van der Waals surface area contributed by atoms with Crippen LogP contribution in [0.1, 0.15) is 40.0 Å². The molecule has 70 valence electrons. The van der Waals surface area contributed by atoms with Crippen molar-refractivity contribution in [2.75, 3.05) is 13.1 Å². The second-order valence-electron chi connectivity index (χ2n) is 5.36. The Hall–Kier alpha value is -0.0400. The van der Waals surface area contributed by atoms with Gasteiger partial charge in [-0.1, -0.05) is 13.8 Å². The molecular weight excluding hydrogens is 146 g/mol. The van der Waals surface area contributed by atoms with Gasteiger partial charge in [-0.3, -0.25) is 0 Å². The summed E-state index contributed by atoms with van der Waals surface area (Å²) in [6.45, 7) is 9.99. The monoisotopic (exact) mass is 167 g/mol. The SMILES string of the molecule is CC1CCC2CN1CCC2(C)C. The summed E-state index contributed by atoms with van der Waals surface area (Å²) in [6, 6.07) is 0.859. The number of hydrogen-bond donors (Lipinski definition) is 0. The van der Waals surface area contributed by atoms with Crippen molar-refractivity contribution in [2.24, 2.45) is 11.3 Å². The van der Waals surface area contributed by atoms with Crippen LogP contribution in [0, 0.1) is 11.3 Å². The predicted octanol–water partition coefficient (Wildman–Crippen LogP) is 2.52. The van der Waals surface area contributed by atoms with E-state index < -0.39 is 0 Å². The van der Waals surface area contributed by atoms with Crippen molar-refractivity contribution in [2.45, 2.75) is 46.1 Å². The average Bonchev–Trinajstić information content (AvgIpc) is 2.02. The van der Waals surface area contributed by atoms with Crippen molar-refractivity contribution in [1.82, 2.24) is 4.90 Å². The van der Waals surface area contributed by atoms with Crippen LogP contribution in [0.25, 0.3) is 0 Å². The molecular formula is C11H21N. The van der Waals surface area contributed by atoms with Gasteiger partial charge in [0.25, 0.3) is 0 Å². The van der Waals surface area contributed by atoms with Crippen LogP contribution in [-0.2, 0) is 0 Å². The highest BCUT2D eigenvalue weighted by Gasteiger charge is 2.39. The molecule has 0 N–H and O–H groups in total. The van der Waals surface area contributed by atoms with E-state index in [4.69, 9.17) is 0 Å². The Bertz CT molecular complexity index is 174. The lowest BCUT2D eigenvalue weighted by Gasteiger charge is -2.50. The van der Waals surface area contributed by atoms with Crippen LogP contribution in [0.5, 0.6) is 0 Å². The minimum absolute atomic E-state index is 0.622. The summed E-state index contributed by atoms with van der Waals surface area (Å²) in [5.41, 5.74) is 0.622. The number of hydrogen-bond acceptors (Lipinski definition) is 1. The molecule has 1 nitrogen and oxygen atoms in total. The number of nitrogens with zero attached hydrogens (tertiary/aromatic N) is 1. The van der Waals surface area contributed by atoms with Gasteiger partial charge in [-0.15, -0.1) is 0 Å². The molecule has 2 saturated heterocycles. The van der Waals surface area contributed by atoms with Crippen LogP contribution in [0.3, 0.4) is 0 Å². The van der Waals surface area contributed by atoms with Crippen molar-refractivity contribution < 1.29 is 0 Å². The Balaban J connectivity index is 2.09. The fraction of sp³-hybridized carbons (Fsp3) is 1.00. The van der Waals surface area contributed by atoms with Crippen molar-refractivity contribution >= 4 is 0 Å². The minimum Gasteiger partial charge on any atom is -0.300 e. The van der Waals surface area contributed by atoms with Gasteiger partial charge in [0, 0.05) is 12.6 Å².